The molecule has 6 aromatic carbocycles. The zero-order chi connectivity index (χ0) is 48.0. The van der Waals surface area contributed by atoms with Crippen LogP contribution >= 0.6 is 0 Å². The standard InChI is InChI=1S/C62H68N4O/c1-58(2,3)41-21-16-20-40(32-41)49-24-18-27-53-57(49)65(46-34-43(60(7,8)9)33-44(35-46)61(10,11)12)39-64(53)45-22-17-23-47(37-45)67-48-28-29-50-54(38-48)66(55-36-42(30-31-63-55)59(4,5)6)52-26-19-25-51(56(50)52)62(13,14)15/h16-38H,1-15H3/q+2. The lowest BCUT2D eigenvalue weighted by molar-refractivity contribution is 0.483. The van der Waals surface area contributed by atoms with Gasteiger partial charge >= 0.3 is 11.7 Å². The number of pyridine rings is 1. The third-order valence-electron chi connectivity index (χ3n) is 13.3. The highest BCUT2D eigenvalue weighted by molar-refractivity contribution is 6.11. The number of hydrogen-bond donors (Lipinski definition) is 0. The summed E-state index contributed by atoms with van der Waals surface area (Å²) in [5, 5.41) is 2.42. The van der Waals surface area contributed by atoms with Crippen LogP contribution in [0, 0.1) is 0 Å². The van der Waals surface area contributed by atoms with Gasteiger partial charge in [-0.2, -0.15) is 0 Å². The summed E-state index contributed by atoms with van der Waals surface area (Å²) in [5.41, 5.74) is 15.0. The van der Waals surface area contributed by atoms with Crippen molar-refractivity contribution in [1.29, 1.82) is 0 Å². The molecule has 0 aliphatic carbocycles. The SMILES string of the molecule is CC(C)(C)c1cccc(-c2cccc3c2[N+](c2cc(C(C)(C)C)cc(C(C)(C)C)c2)=C=[N+]3c2cccc(Oc3ccc4c5c(C(C)(C)C)cccc5n(-c5cc(C(C)(C)C)ccn5)c4c3)c2)c1. The molecule has 8 aromatic rings. The Morgan fingerprint density at radius 1 is 0.478 bits per heavy atom. The topological polar surface area (TPSA) is 33.1 Å². The molecular formula is C62H68N4O+2. The van der Waals surface area contributed by atoms with Gasteiger partial charge in [0.05, 0.1) is 22.7 Å². The van der Waals surface area contributed by atoms with Crippen LogP contribution in [0.3, 0.4) is 0 Å². The maximum absolute atomic E-state index is 6.89. The molecule has 1 aliphatic heterocycles. The Morgan fingerprint density at radius 2 is 1.10 bits per heavy atom. The van der Waals surface area contributed by atoms with Gasteiger partial charge in [-0.3, -0.25) is 4.57 Å². The molecule has 2 aromatic heterocycles. The van der Waals surface area contributed by atoms with Gasteiger partial charge in [0, 0.05) is 47.3 Å². The Morgan fingerprint density at radius 3 is 1.78 bits per heavy atom. The lowest BCUT2D eigenvalue weighted by Crippen LogP contribution is -2.17. The van der Waals surface area contributed by atoms with E-state index in [1.54, 1.807) is 0 Å². The number of benzene rings is 6. The molecule has 0 bridgehead atoms. The van der Waals surface area contributed by atoms with Crippen LogP contribution in [0.5, 0.6) is 11.5 Å². The second-order valence-electron chi connectivity index (χ2n) is 23.8. The summed E-state index contributed by atoms with van der Waals surface area (Å²) in [6.07, 6.45) is 1.94. The molecule has 0 N–H and O–H groups in total. The second kappa shape index (κ2) is 16.1. The molecule has 0 saturated carbocycles. The fourth-order valence-electron chi connectivity index (χ4n) is 9.34. The van der Waals surface area contributed by atoms with Crippen molar-refractivity contribution in [3.63, 3.8) is 0 Å². The van der Waals surface area contributed by atoms with Gasteiger partial charge in [0.15, 0.2) is 0 Å². The number of aromatic nitrogens is 2. The number of para-hydroxylation sites is 1. The third-order valence-corrected chi connectivity index (χ3v) is 13.3. The average molecular weight is 885 g/mol. The summed E-state index contributed by atoms with van der Waals surface area (Å²) in [4.78, 5) is 4.98. The minimum Gasteiger partial charge on any atom is -0.457 e. The van der Waals surface area contributed by atoms with Gasteiger partial charge in [-0.25, -0.2) is 4.98 Å². The number of rotatable bonds is 6. The van der Waals surface area contributed by atoms with E-state index in [-0.39, 0.29) is 27.1 Å². The van der Waals surface area contributed by atoms with Crippen molar-refractivity contribution in [1.82, 2.24) is 18.7 Å². The van der Waals surface area contributed by atoms with Crippen molar-refractivity contribution in [2.24, 2.45) is 0 Å². The van der Waals surface area contributed by atoms with Gasteiger partial charge in [0.2, 0.25) is 11.4 Å². The first-order valence-corrected chi connectivity index (χ1v) is 24.0. The zero-order valence-electron chi connectivity index (χ0n) is 42.5. The highest BCUT2D eigenvalue weighted by Gasteiger charge is 2.41. The molecule has 0 spiro atoms. The Balaban J connectivity index is 1.21. The van der Waals surface area contributed by atoms with Gasteiger partial charge in [0.25, 0.3) is 5.69 Å². The Hall–Kier alpha value is -6.55. The molecule has 0 unspecified atom stereocenters. The molecule has 0 saturated heterocycles. The monoisotopic (exact) mass is 885 g/mol. The largest absolute Gasteiger partial charge is 0.503 e. The van der Waals surface area contributed by atoms with Crippen molar-refractivity contribution in [3.05, 3.63) is 167 Å². The highest BCUT2D eigenvalue weighted by atomic mass is 16.5. The maximum Gasteiger partial charge on any atom is 0.503 e. The summed E-state index contributed by atoms with van der Waals surface area (Å²) < 4.78 is 13.7. The van der Waals surface area contributed by atoms with Crippen molar-refractivity contribution in [3.8, 4) is 28.4 Å². The van der Waals surface area contributed by atoms with Gasteiger partial charge < -0.3 is 4.74 Å². The zero-order valence-corrected chi connectivity index (χ0v) is 42.5. The molecule has 340 valence electrons. The van der Waals surface area contributed by atoms with Crippen molar-refractivity contribution < 1.29 is 4.74 Å². The molecule has 5 nitrogen and oxygen atoms in total. The fourth-order valence-corrected chi connectivity index (χ4v) is 9.34. The van der Waals surface area contributed by atoms with E-state index in [4.69, 9.17) is 9.72 Å². The van der Waals surface area contributed by atoms with Crippen LogP contribution in [-0.2, 0) is 27.1 Å². The number of fused-ring (bicyclic) bond motifs is 4. The van der Waals surface area contributed by atoms with Crippen molar-refractivity contribution in [2.75, 3.05) is 0 Å². The maximum atomic E-state index is 6.89. The Labute approximate surface area is 399 Å². The van der Waals surface area contributed by atoms with Crippen LogP contribution in [0.15, 0.2) is 140 Å². The first-order chi connectivity index (χ1) is 31.4. The lowest BCUT2D eigenvalue weighted by Gasteiger charge is -2.24. The molecule has 67 heavy (non-hydrogen) atoms. The average Bonchev–Trinajstić information content (AvgIpc) is 3.81. The Kier molecular flexibility index (Phi) is 10.9. The van der Waals surface area contributed by atoms with E-state index in [0.717, 1.165) is 56.7 Å². The van der Waals surface area contributed by atoms with Crippen LogP contribution in [0.1, 0.15) is 132 Å². The molecule has 1 aliphatic rings. The minimum atomic E-state index is -0.0613. The van der Waals surface area contributed by atoms with E-state index in [1.807, 2.05) is 12.3 Å². The van der Waals surface area contributed by atoms with Gasteiger partial charge in [-0.15, -0.1) is 0 Å². The third kappa shape index (κ3) is 8.67. The molecule has 9 rings (SSSR count). The predicted octanol–water partition coefficient (Wildman–Crippen LogP) is 17.0. The molecule has 0 radical (unpaired) electrons. The smallest absolute Gasteiger partial charge is 0.457 e. The number of hydrogen-bond acceptors (Lipinski definition) is 2. The van der Waals surface area contributed by atoms with E-state index < -0.39 is 0 Å². The molecule has 0 fully saturated rings. The molecule has 0 atom stereocenters. The van der Waals surface area contributed by atoms with Crippen LogP contribution in [0.2, 0.25) is 0 Å². The van der Waals surface area contributed by atoms with Crippen LogP contribution in [-0.4, -0.2) is 15.6 Å². The van der Waals surface area contributed by atoms with Crippen LogP contribution in [0.4, 0.5) is 22.7 Å². The highest BCUT2D eigenvalue weighted by Crippen LogP contribution is 2.46. The first kappa shape index (κ1) is 45.6. The minimum absolute atomic E-state index is 0.00567. The molecule has 0 amide bonds. The predicted molar refractivity (Wildman–Crippen MR) is 285 cm³/mol. The van der Waals surface area contributed by atoms with Gasteiger partial charge in [-0.1, -0.05) is 158 Å². The van der Waals surface area contributed by atoms with Gasteiger partial charge in [0.1, 0.15) is 17.3 Å². The van der Waals surface area contributed by atoms with E-state index in [1.165, 1.54) is 44.2 Å². The second-order valence-corrected chi connectivity index (χ2v) is 23.8. The number of nitrogens with zero attached hydrogens (tertiary/aromatic N) is 4. The quantitative estimate of drug-likeness (QED) is 0.156. The summed E-state index contributed by atoms with van der Waals surface area (Å²) in [5.74, 6) is 2.39. The molecule has 5 heteroatoms. The molecular weight excluding hydrogens is 817 g/mol. The van der Waals surface area contributed by atoms with E-state index in [0.29, 0.717) is 0 Å². The first-order valence-electron chi connectivity index (χ1n) is 24.0. The lowest BCUT2D eigenvalue weighted by atomic mass is 9.80. The molecule has 3 heterocycles. The van der Waals surface area contributed by atoms with Crippen LogP contribution < -0.4 is 13.9 Å². The number of ether oxygens (including phenoxy) is 1. The van der Waals surface area contributed by atoms with Crippen molar-refractivity contribution >= 4 is 50.6 Å². The van der Waals surface area contributed by atoms with E-state index >= 15 is 0 Å². The Bertz CT molecular complexity index is 3290. The summed E-state index contributed by atoms with van der Waals surface area (Å²) >= 11 is 0. The van der Waals surface area contributed by atoms with E-state index in [9.17, 15) is 0 Å². The summed E-state index contributed by atoms with van der Waals surface area (Å²) in [6.45, 7) is 34.3. The van der Waals surface area contributed by atoms with Crippen molar-refractivity contribution in [2.45, 2.75) is 131 Å². The van der Waals surface area contributed by atoms with Crippen LogP contribution in [0.25, 0.3) is 38.8 Å². The normalized spacial score (nSPS) is 13.5. The van der Waals surface area contributed by atoms with Gasteiger partial charge in [-0.05, 0) is 112 Å². The van der Waals surface area contributed by atoms with E-state index in [2.05, 4.69) is 251 Å². The summed E-state index contributed by atoms with van der Waals surface area (Å²) in [6, 6.07) is 52.6. The summed E-state index contributed by atoms with van der Waals surface area (Å²) in [7, 11) is 0. The fraction of sp³-hybridized carbons (Fsp3) is 0.323.